The van der Waals surface area contributed by atoms with E-state index in [1.165, 1.54) is 14.2 Å². The Morgan fingerprint density at radius 2 is 1.83 bits per heavy atom. The van der Waals surface area contributed by atoms with E-state index in [9.17, 15) is 9.59 Å². The molecule has 2 rings (SSSR count). The van der Waals surface area contributed by atoms with Gasteiger partial charge >= 0.3 is 11.9 Å². The maximum atomic E-state index is 12.4. The van der Waals surface area contributed by atoms with Crippen LogP contribution in [0.15, 0.2) is 24.3 Å². The zero-order chi connectivity index (χ0) is 17.7. The summed E-state index contributed by atoms with van der Waals surface area (Å²) in [6.45, 7) is 4.29. The van der Waals surface area contributed by atoms with Gasteiger partial charge in [-0.15, -0.1) is 0 Å². The number of carbonyl (C=O) groups excluding carboxylic acids is 2. The minimum Gasteiger partial charge on any atom is -0.469 e. The molecule has 0 fully saturated rings. The maximum absolute atomic E-state index is 12.4. The first-order valence-electron chi connectivity index (χ1n) is 8.30. The number of para-hydroxylation sites is 1. The van der Waals surface area contributed by atoms with Gasteiger partial charge in [-0.05, 0) is 24.8 Å². The molecule has 1 aromatic heterocycles. The normalized spacial score (nSPS) is 13.5. The number of hydrogen-bond acceptors (Lipinski definition) is 4. The number of nitrogens with one attached hydrogen (secondary N) is 1. The summed E-state index contributed by atoms with van der Waals surface area (Å²) in [5, 5.41) is 0.859. The van der Waals surface area contributed by atoms with E-state index in [-0.39, 0.29) is 5.97 Å². The molecule has 2 atom stereocenters. The van der Waals surface area contributed by atoms with Crippen LogP contribution in [-0.4, -0.2) is 31.1 Å². The number of aromatic nitrogens is 1. The topological polar surface area (TPSA) is 68.4 Å². The Morgan fingerprint density at radius 1 is 1.12 bits per heavy atom. The van der Waals surface area contributed by atoms with Gasteiger partial charge < -0.3 is 14.5 Å². The average molecular weight is 331 g/mol. The van der Waals surface area contributed by atoms with Crippen molar-refractivity contribution in [3.8, 4) is 0 Å². The van der Waals surface area contributed by atoms with E-state index in [0.29, 0.717) is 23.6 Å². The molecule has 5 nitrogen and oxygen atoms in total. The first kappa shape index (κ1) is 18.0. The van der Waals surface area contributed by atoms with Crippen LogP contribution in [-0.2, 0) is 14.3 Å². The van der Waals surface area contributed by atoms with Crippen molar-refractivity contribution in [2.45, 2.75) is 39.0 Å². The van der Waals surface area contributed by atoms with Crippen molar-refractivity contribution >= 4 is 22.8 Å². The molecule has 0 aliphatic heterocycles. The first-order chi connectivity index (χ1) is 11.5. The third-order valence-electron chi connectivity index (χ3n) is 4.61. The molecule has 24 heavy (non-hydrogen) atoms. The lowest BCUT2D eigenvalue weighted by Gasteiger charge is -2.18. The lowest BCUT2D eigenvalue weighted by molar-refractivity contribution is -0.142. The molecule has 130 valence electrons. The van der Waals surface area contributed by atoms with Crippen LogP contribution >= 0.6 is 0 Å². The summed E-state index contributed by atoms with van der Waals surface area (Å²) in [7, 11) is 2.72. The molecule has 5 heteroatoms. The minimum atomic E-state index is -0.491. The number of fused-ring (bicyclic) bond motifs is 1. The highest BCUT2D eigenvalue weighted by atomic mass is 16.5. The standard InChI is InChI=1S/C19H25NO4/c1-5-12(2)10-11-14(18(21)23-3)16-13-8-6-7-9-15(13)20-17(16)19(22)24-4/h6-9,12,14,20H,5,10-11H2,1-4H3. The fraction of sp³-hybridized carbons (Fsp3) is 0.474. The zero-order valence-corrected chi connectivity index (χ0v) is 14.7. The highest BCUT2D eigenvalue weighted by Crippen LogP contribution is 2.34. The van der Waals surface area contributed by atoms with Crippen LogP contribution in [0, 0.1) is 5.92 Å². The molecule has 0 aliphatic rings. The molecule has 0 radical (unpaired) electrons. The molecule has 0 saturated carbocycles. The van der Waals surface area contributed by atoms with Crippen LogP contribution in [0.25, 0.3) is 10.9 Å². The van der Waals surface area contributed by atoms with Crippen LogP contribution < -0.4 is 0 Å². The van der Waals surface area contributed by atoms with Crippen LogP contribution in [0.5, 0.6) is 0 Å². The highest BCUT2D eigenvalue weighted by Gasteiger charge is 2.30. The highest BCUT2D eigenvalue weighted by molar-refractivity contribution is 6.01. The van der Waals surface area contributed by atoms with Crippen molar-refractivity contribution in [3.05, 3.63) is 35.5 Å². The Balaban J connectivity index is 2.54. The van der Waals surface area contributed by atoms with Gasteiger partial charge in [-0.25, -0.2) is 4.79 Å². The van der Waals surface area contributed by atoms with E-state index >= 15 is 0 Å². The Hall–Kier alpha value is -2.30. The van der Waals surface area contributed by atoms with E-state index in [1.807, 2.05) is 24.3 Å². The predicted octanol–water partition coefficient (Wildman–Crippen LogP) is 4.04. The molecule has 1 N–H and O–H groups in total. The zero-order valence-electron chi connectivity index (χ0n) is 14.7. The van der Waals surface area contributed by atoms with Crippen molar-refractivity contribution in [1.82, 2.24) is 4.98 Å². The third-order valence-corrected chi connectivity index (χ3v) is 4.61. The van der Waals surface area contributed by atoms with Crippen LogP contribution in [0.3, 0.4) is 0 Å². The smallest absolute Gasteiger partial charge is 0.354 e. The summed E-state index contributed by atoms with van der Waals surface area (Å²) in [6.07, 6.45) is 2.57. The molecule has 2 aromatic rings. The van der Waals surface area contributed by atoms with Crippen molar-refractivity contribution in [3.63, 3.8) is 0 Å². The summed E-state index contributed by atoms with van der Waals surface area (Å²) < 4.78 is 9.91. The fourth-order valence-electron chi connectivity index (χ4n) is 2.97. The van der Waals surface area contributed by atoms with Crippen molar-refractivity contribution < 1.29 is 19.1 Å². The van der Waals surface area contributed by atoms with Gasteiger partial charge in [-0.2, -0.15) is 0 Å². The second-order valence-electron chi connectivity index (χ2n) is 6.12. The summed E-state index contributed by atoms with van der Waals surface area (Å²) in [4.78, 5) is 27.7. The van der Waals surface area contributed by atoms with Gasteiger partial charge in [0, 0.05) is 16.5 Å². The van der Waals surface area contributed by atoms with Crippen LogP contribution in [0.4, 0.5) is 0 Å². The third kappa shape index (κ3) is 3.61. The molecule has 1 heterocycles. The summed E-state index contributed by atoms with van der Waals surface area (Å²) in [5.41, 5.74) is 1.82. The van der Waals surface area contributed by atoms with Gasteiger partial charge in [-0.3, -0.25) is 4.79 Å². The largest absolute Gasteiger partial charge is 0.469 e. The number of benzene rings is 1. The van der Waals surface area contributed by atoms with E-state index in [1.54, 1.807) is 0 Å². The van der Waals surface area contributed by atoms with Crippen molar-refractivity contribution in [1.29, 1.82) is 0 Å². The molecular weight excluding hydrogens is 306 g/mol. The maximum Gasteiger partial charge on any atom is 0.354 e. The number of ether oxygens (including phenoxy) is 2. The van der Waals surface area contributed by atoms with E-state index in [2.05, 4.69) is 18.8 Å². The Kier molecular flexibility index (Phi) is 6.01. The number of esters is 2. The monoisotopic (exact) mass is 331 g/mol. The van der Waals surface area contributed by atoms with Crippen LogP contribution in [0.1, 0.15) is 55.1 Å². The van der Waals surface area contributed by atoms with Crippen molar-refractivity contribution in [2.24, 2.45) is 5.92 Å². The number of methoxy groups -OCH3 is 2. The lowest BCUT2D eigenvalue weighted by Crippen LogP contribution is -2.18. The summed E-state index contributed by atoms with van der Waals surface area (Å²) in [5.74, 6) is -0.787. The minimum absolute atomic E-state index is 0.326. The number of carbonyl (C=O) groups is 2. The molecule has 0 amide bonds. The quantitative estimate of drug-likeness (QED) is 0.778. The fourth-order valence-corrected chi connectivity index (χ4v) is 2.97. The Labute approximate surface area is 142 Å². The SMILES string of the molecule is CCC(C)CCC(C(=O)OC)c1c(C(=O)OC)[nH]c2ccccc12. The average Bonchev–Trinajstić information content (AvgIpc) is 3.00. The Morgan fingerprint density at radius 3 is 2.46 bits per heavy atom. The molecule has 2 unspecified atom stereocenters. The molecule has 0 saturated heterocycles. The van der Waals surface area contributed by atoms with Crippen LogP contribution in [0.2, 0.25) is 0 Å². The summed E-state index contributed by atoms with van der Waals surface area (Å²) in [6, 6.07) is 7.57. The van der Waals surface area contributed by atoms with Gasteiger partial charge in [0.1, 0.15) is 5.69 Å². The molecule has 0 spiro atoms. The lowest BCUT2D eigenvalue weighted by atomic mass is 9.88. The number of hydrogen-bond donors (Lipinski definition) is 1. The molecule has 1 aromatic carbocycles. The number of rotatable bonds is 7. The van der Waals surface area contributed by atoms with E-state index in [0.717, 1.165) is 23.7 Å². The second-order valence-corrected chi connectivity index (χ2v) is 6.12. The van der Waals surface area contributed by atoms with Gasteiger partial charge in [0.15, 0.2) is 0 Å². The van der Waals surface area contributed by atoms with Gasteiger partial charge in [0.25, 0.3) is 0 Å². The number of H-pyrrole nitrogens is 1. The first-order valence-corrected chi connectivity index (χ1v) is 8.30. The van der Waals surface area contributed by atoms with Crippen molar-refractivity contribution in [2.75, 3.05) is 14.2 Å². The van der Waals surface area contributed by atoms with Gasteiger partial charge in [0.2, 0.25) is 0 Å². The van der Waals surface area contributed by atoms with E-state index < -0.39 is 11.9 Å². The molecular formula is C19H25NO4. The molecule has 0 bridgehead atoms. The summed E-state index contributed by atoms with van der Waals surface area (Å²) >= 11 is 0. The van der Waals surface area contributed by atoms with Gasteiger partial charge in [0.05, 0.1) is 20.1 Å². The predicted molar refractivity (Wildman–Crippen MR) is 93.1 cm³/mol. The van der Waals surface area contributed by atoms with Gasteiger partial charge in [-0.1, -0.05) is 38.5 Å². The second kappa shape index (κ2) is 7.99. The molecule has 0 aliphatic carbocycles. The van der Waals surface area contributed by atoms with E-state index in [4.69, 9.17) is 9.47 Å². The Bertz CT molecular complexity index is 719. The number of aromatic amines is 1.